The van der Waals surface area contributed by atoms with Gasteiger partial charge in [-0.3, -0.25) is 4.79 Å². The summed E-state index contributed by atoms with van der Waals surface area (Å²) in [5, 5.41) is 2.64. The molecule has 0 unspecified atom stereocenters. The van der Waals surface area contributed by atoms with Crippen molar-refractivity contribution < 1.29 is 22.8 Å². The van der Waals surface area contributed by atoms with Crippen molar-refractivity contribution in [2.45, 2.75) is 32.4 Å². The Kier molecular flexibility index (Phi) is 4.86. The molecule has 2 aliphatic heterocycles. The van der Waals surface area contributed by atoms with Crippen LogP contribution in [-0.2, 0) is 11.0 Å². The Hall–Kier alpha value is -2.25. The van der Waals surface area contributed by atoms with Gasteiger partial charge in [0.1, 0.15) is 0 Å². The highest BCUT2D eigenvalue weighted by Gasteiger charge is 2.46. The maximum atomic E-state index is 12.6. The molecule has 142 valence electrons. The lowest BCUT2D eigenvalue weighted by molar-refractivity contribution is -0.145. The minimum Gasteiger partial charge on any atom is -0.341 e. The maximum Gasteiger partial charge on any atom is 0.416 e. The van der Waals surface area contributed by atoms with Gasteiger partial charge in [0, 0.05) is 43.7 Å². The number of amides is 3. The molecule has 2 heterocycles. The number of alkyl halides is 3. The highest BCUT2D eigenvalue weighted by molar-refractivity contribution is 5.89. The third kappa shape index (κ3) is 3.78. The predicted octanol–water partition coefficient (Wildman–Crippen LogP) is 3.57. The molecule has 3 amide bonds. The molecule has 1 aromatic rings. The first-order chi connectivity index (χ1) is 12.2. The molecule has 0 bridgehead atoms. The summed E-state index contributed by atoms with van der Waals surface area (Å²) in [5.74, 6) is 0.165. The molecule has 5 nitrogen and oxygen atoms in total. The highest BCUT2D eigenvalue weighted by Crippen LogP contribution is 2.40. The van der Waals surface area contributed by atoms with E-state index in [-0.39, 0.29) is 17.4 Å². The third-order valence-corrected chi connectivity index (χ3v) is 5.28. The largest absolute Gasteiger partial charge is 0.416 e. The summed E-state index contributed by atoms with van der Waals surface area (Å²) < 4.78 is 37.7. The fourth-order valence-corrected chi connectivity index (χ4v) is 3.61. The summed E-state index contributed by atoms with van der Waals surface area (Å²) in [6, 6.07) is 4.11. The molecular formula is C18H22F3N3O2. The van der Waals surface area contributed by atoms with Crippen LogP contribution in [0.5, 0.6) is 0 Å². The van der Waals surface area contributed by atoms with E-state index in [4.69, 9.17) is 0 Å². The van der Waals surface area contributed by atoms with Crippen molar-refractivity contribution in [2.75, 3.05) is 31.5 Å². The van der Waals surface area contributed by atoms with E-state index < -0.39 is 11.7 Å². The van der Waals surface area contributed by atoms with Crippen molar-refractivity contribution >= 4 is 17.6 Å². The Balaban J connectivity index is 1.49. The van der Waals surface area contributed by atoms with Gasteiger partial charge in [0.25, 0.3) is 0 Å². The summed E-state index contributed by atoms with van der Waals surface area (Å²) >= 11 is 0. The van der Waals surface area contributed by atoms with Crippen molar-refractivity contribution in [1.82, 2.24) is 9.80 Å². The fourth-order valence-electron chi connectivity index (χ4n) is 3.61. The maximum absolute atomic E-state index is 12.6. The van der Waals surface area contributed by atoms with Gasteiger partial charge in [0.05, 0.1) is 5.56 Å². The van der Waals surface area contributed by atoms with Crippen molar-refractivity contribution in [3.05, 3.63) is 29.8 Å². The second-order valence-corrected chi connectivity index (χ2v) is 7.10. The van der Waals surface area contributed by atoms with Crippen molar-refractivity contribution in [2.24, 2.45) is 5.41 Å². The van der Waals surface area contributed by atoms with Crippen molar-refractivity contribution in [3.8, 4) is 0 Å². The van der Waals surface area contributed by atoms with Crippen LogP contribution in [0, 0.1) is 5.41 Å². The molecule has 2 fully saturated rings. The number of urea groups is 1. The number of carbonyl (C=O) groups is 2. The minimum absolute atomic E-state index is 0.121. The van der Waals surface area contributed by atoms with Crippen LogP contribution in [0.1, 0.15) is 31.7 Å². The Morgan fingerprint density at radius 1 is 1.08 bits per heavy atom. The van der Waals surface area contributed by atoms with Gasteiger partial charge in [-0.05, 0) is 37.1 Å². The van der Waals surface area contributed by atoms with Gasteiger partial charge in [0.15, 0.2) is 0 Å². The summed E-state index contributed by atoms with van der Waals surface area (Å²) in [6.07, 6.45) is -2.21. The van der Waals surface area contributed by atoms with Gasteiger partial charge < -0.3 is 15.1 Å². The van der Waals surface area contributed by atoms with E-state index in [1.54, 1.807) is 4.90 Å². The highest BCUT2D eigenvalue weighted by atomic mass is 19.4. The minimum atomic E-state index is -4.39. The van der Waals surface area contributed by atoms with E-state index in [0.717, 1.165) is 38.1 Å². The molecule has 0 atom stereocenters. The first kappa shape index (κ1) is 18.5. The second-order valence-electron chi connectivity index (χ2n) is 7.10. The molecular weight excluding hydrogens is 347 g/mol. The molecule has 2 saturated heterocycles. The second kappa shape index (κ2) is 6.81. The average molecular weight is 369 g/mol. The van der Waals surface area contributed by atoms with Crippen LogP contribution >= 0.6 is 0 Å². The first-order valence-corrected chi connectivity index (χ1v) is 8.73. The average Bonchev–Trinajstić information content (AvgIpc) is 2.58. The van der Waals surface area contributed by atoms with Crippen LogP contribution in [0.15, 0.2) is 24.3 Å². The van der Waals surface area contributed by atoms with Gasteiger partial charge in [0.2, 0.25) is 5.91 Å². The van der Waals surface area contributed by atoms with E-state index in [9.17, 15) is 22.8 Å². The van der Waals surface area contributed by atoms with Crippen LogP contribution in [0.25, 0.3) is 0 Å². The number of piperidine rings is 1. The number of likely N-dealkylation sites (tertiary alicyclic amines) is 2. The van der Waals surface area contributed by atoms with E-state index in [1.165, 1.54) is 12.1 Å². The van der Waals surface area contributed by atoms with E-state index >= 15 is 0 Å². The lowest BCUT2D eigenvalue weighted by Gasteiger charge is -2.53. The lowest BCUT2D eigenvalue weighted by Crippen LogP contribution is -2.62. The molecule has 2 aliphatic rings. The zero-order valence-electron chi connectivity index (χ0n) is 14.6. The van der Waals surface area contributed by atoms with Crippen molar-refractivity contribution in [3.63, 3.8) is 0 Å². The Bertz CT molecular complexity index is 672. The van der Waals surface area contributed by atoms with Gasteiger partial charge >= 0.3 is 12.2 Å². The molecule has 1 aromatic carbocycles. The molecule has 26 heavy (non-hydrogen) atoms. The molecule has 0 saturated carbocycles. The smallest absolute Gasteiger partial charge is 0.341 e. The number of hydrogen-bond acceptors (Lipinski definition) is 2. The number of rotatable bonds is 2. The molecule has 0 radical (unpaired) electrons. The number of nitrogens with zero attached hydrogens (tertiary/aromatic N) is 2. The van der Waals surface area contributed by atoms with Gasteiger partial charge in [-0.25, -0.2) is 4.79 Å². The summed E-state index contributed by atoms with van der Waals surface area (Å²) in [5.41, 5.74) is -0.283. The number of halogens is 3. The molecule has 8 heteroatoms. The molecule has 1 spiro atoms. The van der Waals surface area contributed by atoms with E-state index in [1.807, 2.05) is 11.8 Å². The number of carbonyl (C=O) groups excluding carboxylic acids is 2. The standard InChI is InChI=1S/C18H22F3N3O2/c1-2-15(25)24-11-17(12-24)7-9-23(10-8-17)16(26)22-14-5-3-13(4-6-14)18(19,20)21/h3-6H,2,7-12H2,1H3,(H,22,26). The Labute approximate surface area is 150 Å². The molecule has 0 aliphatic carbocycles. The van der Waals surface area contributed by atoms with E-state index in [2.05, 4.69) is 5.32 Å². The number of anilines is 1. The van der Waals surface area contributed by atoms with Crippen LogP contribution in [0.3, 0.4) is 0 Å². The fraction of sp³-hybridized carbons (Fsp3) is 0.556. The number of benzene rings is 1. The van der Waals surface area contributed by atoms with Crippen LogP contribution < -0.4 is 5.32 Å². The number of hydrogen-bond donors (Lipinski definition) is 1. The van der Waals surface area contributed by atoms with Gasteiger partial charge in [-0.1, -0.05) is 6.92 Å². The zero-order valence-corrected chi connectivity index (χ0v) is 14.6. The molecule has 0 aromatic heterocycles. The SMILES string of the molecule is CCC(=O)N1CC2(CCN(C(=O)Nc3ccc(C(F)(F)F)cc3)CC2)C1. The molecule has 3 rings (SSSR count). The Morgan fingerprint density at radius 3 is 2.15 bits per heavy atom. The Morgan fingerprint density at radius 2 is 1.65 bits per heavy atom. The normalized spacial score (nSPS) is 19.2. The third-order valence-electron chi connectivity index (χ3n) is 5.28. The molecule has 1 N–H and O–H groups in total. The number of nitrogens with one attached hydrogen (secondary N) is 1. The van der Waals surface area contributed by atoms with Crippen LogP contribution in [0.4, 0.5) is 23.7 Å². The van der Waals surface area contributed by atoms with Gasteiger partial charge in [-0.2, -0.15) is 13.2 Å². The van der Waals surface area contributed by atoms with Crippen molar-refractivity contribution in [1.29, 1.82) is 0 Å². The monoisotopic (exact) mass is 369 g/mol. The lowest BCUT2D eigenvalue weighted by atomic mass is 9.72. The quantitative estimate of drug-likeness (QED) is 0.867. The topological polar surface area (TPSA) is 52.7 Å². The van der Waals surface area contributed by atoms with E-state index in [0.29, 0.717) is 25.2 Å². The first-order valence-electron chi connectivity index (χ1n) is 8.73. The van der Waals surface area contributed by atoms with Gasteiger partial charge in [-0.15, -0.1) is 0 Å². The summed E-state index contributed by atoms with van der Waals surface area (Å²) in [4.78, 5) is 27.5. The zero-order chi connectivity index (χ0) is 18.9. The summed E-state index contributed by atoms with van der Waals surface area (Å²) in [6.45, 7) is 4.53. The van der Waals surface area contributed by atoms with Crippen LogP contribution in [-0.4, -0.2) is 47.9 Å². The predicted molar refractivity (Wildman–Crippen MR) is 90.6 cm³/mol. The summed E-state index contributed by atoms with van der Waals surface area (Å²) in [7, 11) is 0. The van der Waals surface area contributed by atoms with Crippen LogP contribution in [0.2, 0.25) is 0 Å².